The van der Waals surface area contributed by atoms with Crippen LogP contribution in [0.4, 0.5) is 5.88 Å². The number of carbonyl (C=O) groups is 1. The number of benzene rings is 1. The predicted molar refractivity (Wildman–Crippen MR) is 79.1 cm³/mol. The van der Waals surface area contributed by atoms with E-state index >= 15 is 0 Å². The molecule has 7 nitrogen and oxygen atoms in total. The van der Waals surface area contributed by atoms with Gasteiger partial charge in [0.2, 0.25) is 0 Å². The van der Waals surface area contributed by atoms with Gasteiger partial charge in [-0.2, -0.15) is 0 Å². The van der Waals surface area contributed by atoms with Crippen molar-refractivity contribution in [2.75, 3.05) is 13.7 Å². The summed E-state index contributed by atoms with van der Waals surface area (Å²) in [5, 5.41) is 13.2. The van der Waals surface area contributed by atoms with E-state index in [1.165, 1.54) is 6.07 Å². The second kappa shape index (κ2) is 6.75. The summed E-state index contributed by atoms with van der Waals surface area (Å²) in [6.45, 7) is 2.34. The summed E-state index contributed by atoms with van der Waals surface area (Å²) in [7, 11) is 1.59. The van der Waals surface area contributed by atoms with Gasteiger partial charge in [-0.05, 0) is 31.0 Å². The van der Waals surface area contributed by atoms with Crippen molar-refractivity contribution in [2.24, 2.45) is 0 Å². The van der Waals surface area contributed by atoms with Gasteiger partial charge in [0.15, 0.2) is 5.76 Å². The summed E-state index contributed by atoms with van der Waals surface area (Å²) < 4.78 is 10.1. The van der Waals surface area contributed by atoms with Crippen molar-refractivity contribution in [3.8, 4) is 5.75 Å². The molecule has 7 heteroatoms. The summed E-state index contributed by atoms with van der Waals surface area (Å²) in [5.74, 6) is -0.262. The van der Waals surface area contributed by atoms with Crippen molar-refractivity contribution in [2.45, 2.75) is 13.3 Å². The Morgan fingerprint density at radius 1 is 1.36 bits per heavy atom. The summed E-state index contributed by atoms with van der Waals surface area (Å²) in [6.07, 6.45) is 0.583. The van der Waals surface area contributed by atoms with Gasteiger partial charge in [0.1, 0.15) is 10.7 Å². The molecule has 0 aliphatic rings. The SMILES string of the molecule is COc1ccc(C)cc1CCNC(=O)c1ccc([N+](=O)[O-])o1. The van der Waals surface area contributed by atoms with Gasteiger partial charge in [-0.25, -0.2) is 0 Å². The lowest BCUT2D eigenvalue weighted by atomic mass is 10.1. The molecule has 0 atom stereocenters. The lowest BCUT2D eigenvalue weighted by molar-refractivity contribution is -0.402. The molecule has 0 aliphatic heterocycles. The van der Waals surface area contributed by atoms with Crippen LogP contribution >= 0.6 is 0 Å². The van der Waals surface area contributed by atoms with E-state index in [-0.39, 0.29) is 5.76 Å². The highest BCUT2D eigenvalue weighted by Crippen LogP contribution is 2.20. The number of carbonyl (C=O) groups excluding carboxylic acids is 1. The molecule has 1 amide bonds. The number of aryl methyl sites for hydroxylation is 1. The Labute approximate surface area is 127 Å². The highest BCUT2D eigenvalue weighted by atomic mass is 16.6. The van der Waals surface area contributed by atoms with Crippen LogP contribution in [0.3, 0.4) is 0 Å². The fourth-order valence-electron chi connectivity index (χ4n) is 2.05. The van der Waals surface area contributed by atoms with Crippen molar-refractivity contribution in [3.05, 3.63) is 57.3 Å². The van der Waals surface area contributed by atoms with E-state index in [0.29, 0.717) is 13.0 Å². The molecule has 116 valence electrons. The number of ether oxygens (including phenoxy) is 1. The Hall–Kier alpha value is -2.83. The summed E-state index contributed by atoms with van der Waals surface area (Å²) in [6, 6.07) is 8.24. The normalized spacial score (nSPS) is 10.3. The van der Waals surface area contributed by atoms with Crippen molar-refractivity contribution >= 4 is 11.8 Å². The highest BCUT2D eigenvalue weighted by Gasteiger charge is 2.16. The van der Waals surface area contributed by atoms with Crippen LogP contribution in [0.2, 0.25) is 0 Å². The number of amides is 1. The van der Waals surface area contributed by atoms with Crippen molar-refractivity contribution in [1.82, 2.24) is 5.32 Å². The zero-order valence-corrected chi connectivity index (χ0v) is 12.3. The molecule has 0 radical (unpaired) electrons. The Morgan fingerprint density at radius 2 is 2.14 bits per heavy atom. The van der Waals surface area contributed by atoms with E-state index in [0.717, 1.165) is 22.9 Å². The van der Waals surface area contributed by atoms with Gasteiger partial charge in [0.25, 0.3) is 5.91 Å². The minimum Gasteiger partial charge on any atom is -0.496 e. The number of rotatable bonds is 6. The van der Waals surface area contributed by atoms with E-state index in [1.807, 2.05) is 25.1 Å². The first kappa shape index (κ1) is 15.6. The summed E-state index contributed by atoms with van der Waals surface area (Å²) in [4.78, 5) is 21.7. The molecule has 22 heavy (non-hydrogen) atoms. The van der Waals surface area contributed by atoms with Gasteiger partial charge in [0.05, 0.1) is 13.2 Å². The summed E-state index contributed by atoms with van der Waals surface area (Å²) >= 11 is 0. The van der Waals surface area contributed by atoms with Gasteiger partial charge in [-0.3, -0.25) is 14.9 Å². The predicted octanol–water partition coefficient (Wildman–Crippen LogP) is 2.48. The lowest BCUT2D eigenvalue weighted by Gasteiger charge is -2.09. The zero-order valence-electron chi connectivity index (χ0n) is 12.3. The zero-order chi connectivity index (χ0) is 16.1. The highest BCUT2D eigenvalue weighted by molar-refractivity contribution is 5.91. The van der Waals surface area contributed by atoms with E-state index in [9.17, 15) is 14.9 Å². The number of methoxy groups -OCH3 is 1. The first-order valence-electron chi connectivity index (χ1n) is 6.67. The fourth-order valence-corrected chi connectivity index (χ4v) is 2.05. The molecule has 0 fully saturated rings. The maximum Gasteiger partial charge on any atom is 0.433 e. The quantitative estimate of drug-likeness (QED) is 0.653. The van der Waals surface area contributed by atoms with Crippen molar-refractivity contribution < 1.29 is 18.9 Å². The minimum absolute atomic E-state index is 0.0806. The van der Waals surface area contributed by atoms with E-state index in [1.54, 1.807) is 7.11 Å². The van der Waals surface area contributed by atoms with E-state index < -0.39 is 16.7 Å². The first-order chi connectivity index (χ1) is 10.5. The van der Waals surface area contributed by atoms with Gasteiger partial charge < -0.3 is 14.5 Å². The van der Waals surface area contributed by atoms with Crippen LogP contribution in [0.1, 0.15) is 21.7 Å². The van der Waals surface area contributed by atoms with Gasteiger partial charge >= 0.3 is 5.88 Å². The molecule has 1 N–H and O–H groups in total. The van der Waals surface area contributed by atoms with Crippen molar-refractivity contribution in [1.29, 1.82) is 0 Å². The second-order valence-electron chi connectivity index (χ2n) is 4.72. The Bertz CT molecular complexity index is 693. The second-order valence-corrected chi connectivity index (χ2v) is 4.72. The smallest absolute Gasteiger partial charge is 0.433 e. The van der Waals surface area contributed by atoms with Gasteiger partial charge in [0, 0.05) is 6.54 Å². The van der Waals surface area contributed by atoms with Crippen LogP contribution in [0.15, 0.2) is 34.7 Å². The number of furan rings is 1. The van der Waals surface area contributed by atoms with Gasteiger partial charge in [-0.15, -0.1) is 0 Å². The largest absolute Gasteiger partial charge is 0.496 e. The monoisotopic (exact) mass is 304 g/mol. The molecule has 2 aromatic rings. The van der Waals surface area contributed by atoms with Crippen LogP contribution in [-0.2, 0) is 6.42 Å². The molecule has 0 spiro atoms. The molecular formula is C15H16N2O5. The Kier molecular flexibility index (Phi) is 4.77. The maximum atomic E-state index is 11.8. The molecule has 0 unspecified atom stereocenters. The Morgan fingerprint density at radius 3 is 2.77 bits per heavy atom. The van der Waals surface area contributed by atoms with Crippen LogP contribution in [-0.4, -0.2) is 24.5 Å². The molecule has 1 heterocycles. The summed E-state index contributed by atoms with van der Waals surface area (Å²) in [5.41, 5.74) is 2.08. The average Bonchev–Trinajstić information content (AvgIpc) is 2.97. The number of hydrogen-bond acceptors (Lipinski definition) is 5. The lowest BCUT2D eigenvalue weighted by Crippen LogP contribution is -2.25. The third-order valence-electron chi connectivity index (χ3n) is 3.11. The first-order valence-corrected chi connectivity index (χ1v) is 6.67. The third kappa shape index (κ3) is 3.63. The molecule has 2 rings (SSSR count). The average molecular weight is 304 g/mol. The molecule has 1 aromatic heterocycles. The standard InChI is InChI=1S/C15H16N2O5/c1-10-3-4-12(21-2)11(9-10)7-8-16-15(18)13-5-6-14(22-13)17(19)20/h3-6,9H,7-8H2,1-2H3,(H,16,18). The van der Waals surface area contributed by atoms with Crippen LogP contribution in [0, 0.1) is 17.0 Å². The Balaban J connectivity index is 1.94. The number of nitrogens with one attached hydrogen (secondary N) is 1. The molecule has 0 saturated carbocycles. The fraction of sp³-hybridized carbons (Fsp3) is 0.267. The molecule has 1 aromatic carbocycles. The number of hydrogen-bond donors (Lipinski definition) is 1. The van der Waals surface area contributed by atoms with E-state index in [4.69, 9.17) is 9.15 Å². The van der Waals surface area contributed by atoms with E-state index in [2.05, 4.69) is 5.32 Å². The third-order valence-corrected chi connectivity index (χ3v) is 3.11. The maximum absolute atomic E-state index is 11.8. The van der Waals surface area contributed by atoms with Crippen LogP contribution < -0.4 is 10.1 Å². The number of nitrogens with zero attached hydrogens (tertiary/aromatic N) is 1. The topological polar surface area (TPSA) is 94.6 Å². The number of nitro groups is 1. The molecule has 0 saturated heterocycles. The van der Waals surface area contributed by atoms with Crippen molar-refractivity contribution in [3.63, 3.8) is 0 Å². The van der Waals surface area contributed by atoms with Crippen LogP contribution in [0.25, 0.3) is 0 Å². The molecule has 0 bridgehead atoms. The molecular weight excluding hydrogens is 288 g/mol. The van der Waals surface area contributed by atoms with Gasteiger partial charge in [-0.1, -0.05) is 17.7 Å². The van der Waals surface area contributed by atoms with Crippen LogP contribution in [0.5, 0.6) is 5.75 Å². The molecule has 0 aliphatic carbocycles. The minimum atomic E-state index is -0.686.